The SMILES string of the molecule is FCCCn1cc(CCl)nn1. The van der Waals surface area contributed by atoms with Gasteiger partial charge in [-0.2, -0.15) is 0 Å². The van der Waals surface area contributed by atoms with Crippen molar-refractivity contribution in [2.75, 3.05) is 6.67 Å². The van der Waals surface area contributed by atoms with Crippen LogP contribution < -0.4 is 0 Å². The van der Waals surface area contributed by atoms with E-state index in [-0.39, 0.29) is 6.67 Å². The van der Waals surface area contributed by atoms with Crippen molar-refractivity contribution in [3.05, 3.63) is 11.9 Å². The van der Waals surface area contributed by atoms with E-state index in [4.69, 9.17) is 11.6 Å². The van der Waals surface area contributed by atoms with Crippen molar-refractivity contribution in [2.24, 2.45) is 0 Å². The topological polar surface area (TPSA) is 30.7 Å². The molecule has 1 aromatic rings. The standard InChI is InChI=1S/C6H9ClFN3/c7-4-6-5-11(10-9-6)3-1-2-8/h5H,1-4H2. The van der Waals surface area contributed by atoms with Crippen LogP contribution in [-0.2, 0) is 12.4 Å². The lowest BCUT2D eigenvalue weighted by Gasteiger charge is -1.93. The van der Waals surface area contributed by atoms with Crippen LogP contribution in [0.15, 0.2) is 6.20 Å². The molecular weight excluding hydrogens is 169 g/mol. The van der Waals surface area contributed by atoms with Gasteiger partial charge in [0.05, 0.1) is 18.2 Å². The molecule has 0 aliphatic carbocycles. The minimum absolute atomic E-state index is 0.323. The van der Waals surface area contributed by atoms with Crippen LogP contribution in [0.25, 0.3) is 0 Å². The van der Waals surface area contributed by atoms with Crippen molar-refractivity contribution in [1.29, 1.82) is 0 Å². The largest absolute Gasteiger partial charge is 0.252 e. The van der Waals surface area contributed by atoms with E-state index in [1.165, 1.54) is 0 Å². The molecule has 0 N–H and O–H groups in total. The Kier molecular flexibility index (Phi) is 3.29. The molecule has 0 amide bonds. The van der Waals surface area contributed by atoms with Gasteiger partial charge in [-0.25, -0.2) is 0 Å². The third-order valence-corrected chi connectivity index (χ3v) is 1.52. The van der Waals surface area contributed by atoms with Crippen molar-refractivity contribution in [1.82, 2.24) is 15.0 Å². The van der Waals surface area contributed by atoms with Gasteiger partial charge in [0, 0.05) is 12.7 Å². The molecule has 5 heteroatoms. The highest BCUT2D eigenvalue weighted by Crippen LogP contribution is 1.98. The second-order valence-electron chi connectivity index (χ2n) is 2.15. The summed E-state index contributed by atoms with van der Waals surface area (Å²) in [6.07, 6.45) is 2.20. The third kappa shape index (κ3) is 2.46. The number of aromatic nitrogens is 3. The summed E-state index contributed by atoms with van der Waals surface area (Å²) in [6, 6.07) is 0. The molecule has 1 heterocycles. The summed E-state index contributed by atoms with van der Waals surface area (Å²) in [7, 11) is 0. The molecule has 0 saturated heterocycles. The Morgan fingerprint density at radius 2 is 2.45 bits per heavy atom. The fourth-order valence-electron chi connectivity index (χ4n) is 0.731. The summed E-state index contributed by atoms with van der Waals surface area (Å²) >= 11 is 5.48. The smallest absolute Gasteiger partial charge is 0.0974 e. The number of nitrogens with zero attached hydrogens (tertiary/aromatic N) is 3. The molecule has 0 bridgehead atoms. The number of rotatable bonds is 4. The average Bonchev–Trinajstić information content (AvgIpc) is 2.48. The summed E-state index contributed by atoms with van der Waals surface area (Å²) < 4.78 is 13.3. The van der Waals surface area contributed by atoms with Crippen molar-refractivity contribution in [2.45, 2.75) is 18.8 Å². The van der Waals surface area contributed by atoms with E-state index >= 15 is 0 Å². The van der Waals surface area contributed by atoms with Gasteiger partial charge in [-0.3, -0.25) is 9.07 Å². The second-order valence-corrected chi connectivity index (χ2v) is 2.42. The number of aryl methyl sites for hydroxylation is 1. The lowest BCUT2D eigenvalue weighted by atomic mass is 10.4. The van der Waals surface area contributed by atoms with Gasteiger partial charge < -0.3 is 0 Å². The maximum atomic E-state index is 11.7. The number of alkyl halides is 2. The third-order valence-electron chi connectivity index (χ3n) is 1.24. The lowest BCUT2D eigenvalue weighted by molar-refractivity contribution is 0.431. The molecule has 0 aromatic carbocycles. The van der Waals surface area contributed by atoms with Crippen LogP contribution >= 0.6 is 11.6 Å². The summed E-state index contributed by atoms with van der Waals surface area (Å²) in [4.78, 5) is 0. The molecule has 1 aromatic heterocycles. The molecule has 0 radical (unpaired) electrons. The van der Waals surface area contributed by atoms with Crippen LogP contribution in [0.3, 0.4) is 0 Å². The lowest BCUT2D eigenvalue weighted by Crippen LogP contribution is -1.99. The zero-order valence-corrected chi connectivity index (χ0v) is 6.76. The van der Waals surface area contributed by atoms with E-state index in [2.05, 4.69) is 10.3 Å². The summed E-state index contributed by atoms with van der Waals surface area (Å²) in [5.74, 6) is 0.357. The minimum Gasteiger partial charge on any atom is -0.252 e. The minimum atomic E-state index is -0.323. The van der Waals surface area contributed by atoms with Crippen molar-refractivity contribution in [3.8, 4) is 0 Å². The van der Waals surface area contributed by atoms with Crippen molar-refractivity contribution < 1.29 is 4.39 Å². The van der Waals surface area contributed by atoms with Gasteiger partial charge in [0.2, 0.25) is 0 Å². The zero-order valence-electron chi connectivity index (χ0n) is 6.00. The second kappa shape index (κ2) is 4.28. The first kappa shape index (κ1) is 8.46. The number of hydrogen-bond donors (Lipinski definition) is 0. The molecule has 0 fully saturated rings. The molecule has 0 aliphatic heterocycles. The van der Waals surface area contributed by atoms with Gasteiger partial charge in [-0.05, 0) is 6.42 Å². The first-order valence-corrected chi connectivity index (χ1v) is 3.91. The Hall–Kier alpha value is -0.640. The molecule has 0 aliphatic rings. The molecule has 3 nitrogen and oxygen atoms in total. The number of hydrogen-bond acceptors (Lipinski definition) is 2. The molecule has 11 heavy (non-hydrogen) atoms. The number of halogens is 2. The van der Waals surface area contributed by atoms with Crippen molar-refractivity contribution >= 4 is 11.6 Å². The van der Waals surface area contributed by atoms with E-state index in [1.54, 1.807) is 10.9 Å². The van der Waals surface area contributed by atoms with Crippen LogP contribution in [-0.4, -0.2) is 21.7 Å². The van der Waals surface area contributed by atoms with Gasteiger partial charge in [0.1, 0.15) is 0 Å². The van der Waals surface area contributed by atoms with Gasteiger partial charge in [-0.1, -0.05) is 5.21 Å². The first-order valence-electron chi connectivity index (χ1n) is 3.37. The molecule has 0 saturated carbocycles. The quantitative estimate of drug-likeness (QED) is 0.651. The first-order chi connectivity index (χ1) is 5.36. The normalized spacial score (nSPS) is 10.4. The summed E-state index contributed by atoms with van der Waals surface area (Å²) in [5.41, 5.74) is 0.727. The summed E-state index contributed by atoms with van der Waals surface area (Å²) in [6.45, 7) is 0.246. The Labute approximate surface area is 69.2 Å². The van der Waals surface area contributed by atoms with Gasteiger partial charge in [0.15, 0.2) is 0 Å². The predicted octanol–water partition coefficient (Wildman–Crippen LogP) is 1.38. The fourth-order valence-corrected chi connectivity index (χ4v) is 0.853. The highest BCUT2D eigenvalue weighted by molar-refractivity contribution is 6.16. The fraction of sp³-hybridized carbons (Fsp3) is 0.667. The molecule has 62 valence electrons. The van der Waals surface area contributed by atoms with Crippen LogP contribution in [0.4, 0.5) is 4.39 Å². The van der Waals surface area contributed by atoms with Crippen molar-refractivity contribution in [3.63, 3.8) is 0 Å². The average molecular weight is 178 g/mol. The Bertz CT molecular complexity index is 213. The van der Waals surface area contributed by atoms with Gasteiger partial charge in [0.25, 0.3) is 0 Å². The van der Waals surface area contributed by atoms with Crippen LogP contribution in [0.1, 0.15) is 12.1 Å². The highest BCUT2D eigenvalue weighted by atomic mass is 35.5. The van der Waals surface area contributed by atoms with Gasteiger partial charge in [-0.15, -0.1) is 16.7 Å². The Balaban J connectivity index is 2.44. The Morgan fingerprint density at radius 3 is 3.00 bits per heavy atom. The molecule has 0 spiro atoms. The Morgan fingerprint density at radius 1 is 1.64 bits per heavy atom. The van der Waals surface area contributed by atoms with Crippen LogP contribution in [0, 0.1) is 0 Å². The maximum absolute atomic E-state index is 11.7. The highest BCUT2D eigenvalue weighted by Gasteiger charge is 1.97. The predicted molar refractivity (Wildman–Crippen MR) is 40.2 cm³/mol. The maximum Gasteiger partial charge on any atom is 0.0974 e. The monoisotopic (exact) mass is 177 g/mol. The van der Waals surface area contributed by atoms with E-state index in [0.29, 0.717) is 18.8 Å². The van der Waals surface area contributed by atoms with E-state index in [9.17, 15) is 4.39 Å². The molecule has 0 unspecified atom stereocenters. The van der Waals surface area contributed by atoms with E-state index in [1.807, 2.05) is 0 Å². The molecular formula is C6H9ClFN3. The van der Waals surface area contributed by atoms with Crippen LogP contribution in [0.2, 0.25) is 0 Å². The van der Waals surface area contributed by atoms with Gasteiger partial charge >= 0.3 is 0 Å². The molecule has 0 atom stereocenters. The zero-order chi connectivity index (χ0) is 8.10. The van der Waals surface area contributed by atoms with Crippen LogP contribution in [0.5, 0.6) is 0 Å². The molecule has 1 rings (SSSR count). The van der Waals surface area contributed by atoms with E-state index in [0.717, 1.165) is 5.69 Å². The summed E-state index contributed by atoms with van der Waals surface area (Å²) in [5, 5.41) is 7.49. The van der Waals surface area contributed by atoms with E-state index < -0.39 is 0 Å².